The van der Waals surface area contributed by atoms with Crippen LogP contribution in [0.4, 0.5) is 11.4 Å². The van der Waals surface area contributed by atoms with E-state index in [-0.39, 0.29) is 36.1 Å². The molecule has 9 heteroatoms. The smallest absolute Gasteiger partial charge is 0.251 e. The van der Waals surface area contributed by atoms with Crippen molar-refractivity contribution in [2.45, 2.75) is 41.8 Å². The Hall–Kier alpha value is -3.07. The average molecular weight is 580 g/mol. The molecular formula is C31H34ClN3O4S. The quantitative estimate of drug-likeness (QED) is 0.418. The fourth-order valence-electron chi connectivity index (χ4n) is 6.71. The van der Waals surface area contributed by atoms with Crippen LogP contribution in [-0.2, 0) is 14.4 Å². The standard InChI is InChI=1S/C31H34ClN3O4S/c1-4-17-33(21-11-7-6-8-12-21)28(37)25-24-15-16-31(40-24)26(25)29(38)35(20(3)19-36)27(31)30(39)34(18-5-2)23-14-10-9-13-22(23)32/h4-14,20,24-27,36H,1-2,15-19H2,3H3/t20-,24+,25-,26+,27?,31?/m1/s1. The maximum absolute atomic E-state index is 14.5. The lowest BCUT2D eigenvalue weighted by Gasteiger charge is -2.39. The number of para-hydroxylation sites is 2. The fourth-order valence-corrected chi connectivity index (χ4v) is 9.14. The Kier molecular flexibility index (Phi) is 8.13. The first-order chi connectivity index (χ1) is 19.3. The van der Waals surface area contributed by atoms with Crippen molar-refractivity contribution in [1.82, 2.24) is 4.90 Å². The highest BCUT2D eigenvalue weighted by Crippen LogP contribution is 2.67. The van der Waals surface area contributed by atoms with Gasteiger partial charge >= 0.3 is 0 Å². The van der Waals surface area contributed by atoms with E-state index in [1.807, 2.05) is 36.4 Å². The minimum Gasteiger partial charge on any atom is -0.394 e. The second-order valence-electron chi connectivity index (χ2n) is 10.6. The van der Waals surface area contributed by atoms with Gasteiger partial charge in [-0.1, -0.05) is 54.1 Å². The third kappa shape index (κ3) is 4.46. The van der Waals surface area contributed by atoms with E-state index in [9.17, 15) is 19.5 Å². The van der Waals surface area contributed by atoms with Crippen LogP contribution in [0.3, 0.4) is 0 Å². The molecule has 3 amide bonds. The second-order valence-corrected chi connectivity index (χ2v) is 12.6. The molecular weight excluding hydrogens is 546 g/mol. The Bertz CT molecular complexity index is 1320. The lowest BCUT2D eigenvalue weighted by atomic mass is 9.70. The molecule has 3 aliphatic rings. The molecule has 2 aromatic rings. The first-order valence-corrected chi connectivity index (χ1v) is 14.8. The van der Waals surface area contributed by atoms with Crippen molar-refractivity contribution >= 4 is 52.5 Å². The largest absolute Gasteiger partial charge is 0.394 e. The topological polar surface area (TPSA) is 81.2 Å². The monoisotopic (exact) mass is 579 g/mol. The summed E-state index contributed by atoms with van der Waals surface area (Å²) in [6, 6.07) is 15.0. The van der Waals surface area contributed by atoms with E-state index in [2.05, 4.69) is 13.2 Å². The lowest BCUT2D eigenvalue weighted by molar-refractivity contribution is -0.141. The number of halogens is 1. The van der Waals surface area contributed by atoms with Gasteiger partial charge in [0, 0.05) is 24.0 Å². The van der Waals surface area contributed by atoms with Crippen LogP contribution in [0.1, 0.15) is 19.8 Å². The molecule has 2 aromatic carbocycles. The summed E-state index contributed by atoms with van der Waals surface area (Å²) in [4.78, 5) is 47.9. The van der Waals surface area contributed by atoms with Gasteiger partial charge < -0.3 is 19.8 Å². The normalized spacial score (nSPS) is 27.3. The number of amides is 3. The van der Waals surface area contributed by atoms with E-state index in [1.54, 1.807) is 58.8 Å². The molecule has 3 heterocycles. The van der Waals surface area contributed by atoms with Gasteiger partial charge in [-0.05, 0) is 44.0 Å². The van der Waals surface area contributed by atoms with Crippen LogP contribution in [0, 0.1) is 11.8 Å². The number of thioether (sulfide) groups is 1. The molecule has 210 valence electrons. The number of benzene rings is 2. The summed E-state index contributed by atoms with van der Waals surface area (Å²) < 4.78 is -0.792. The molecule has 40 heavy (non-hydrogen) atoms. The van der Waals surface area contributed by atoms with Crippen molar-refractivity contribution in [3.05, 3.63) is 84.9 Å². The van der Waals surface area contributed by atoms with E-state index in [0.29, 0.717) is 23.7 Å². The number of aliphatic hydroxyl groups excluding tert-OH is 1. The number of carbonyl (C=O) groups is 3. The predicted molar refractivity (Wildman–Crippen MR) is 160 cm³/mol. The number of aliphatic hydroxyl groups is 1. The van der Waals surface area contributed by atoms with Gasteiger partial charge in [0.15, 0.2) is 0 Å². The third-order valence-corrected chi connectivity index (χ3v) is 10.6. The molecule has 0 aromatic heterocycles. The molecule has 6 atom stereocenters. The number of nitrogens with zero attached hydrogens (tertiary/aromatic N) is 3. The molecule has 7 nitrogen and oxygen atoms in total. The lowest BCUT2D eigenvalue weighted by Crippen LogP contribution is -2.57. The third-order valence-electron chi connectivity index (χ3n) is 8.36. The van der Waals surface area contributed by atoms with E-state index in [0.717, 1.165) is 12.1 Å². The molecule has 3 aliphatic heterocycles. The van der Waals surface area contributed by atoms with Crippen LogP contribution >= 0.6 is 23.4 Å². The maximum atomic E-state index is 14.5. The van der Waals surface area contributed by atoms with Gasteiger partial charge in [0.05, 0.1) is 39.9 Å². The summed E-state index contributed by atoms with van der Waals surface area (Å²) in [5.41, 5.74) is 1.27. The fraction of sp³-hybridized carbons (Fsp3) is 0.387. The molecule has 1 spiro atoms. The van der Waals surface area contributed by atoms with Crippen molar-refractivity contribution in [3.8, 4) is 0 Å². The number of anilines is 2. The minimum atomic E-state index is -0.860. The van der Waals surface area contributed by atoms with Crippen LogP contribution in [0.2, 0.25) is 5.02 Å². The Morgan fingerprint density at radius 1 is 1.10 bits per heavy atom. The minimum absolute atomic E-state index is 0.0903. The van der Waals surface area contributed by atoms with Gasteiger partial charge in [0.1, 0.15) is 6.04 Å². The number of carbonyl (C=O) groups excluding carboxylic acids is 3. The highest BCUT2D eigenvalue weighted by Gasteiger charge is 2.74. The highest BCUT2D eigenvalue weighted by molar-refractivity contribution is 8.02. The SMILES string of the molecule is C=CCN(C(=O)[C@@H]1[C@@H]2CCC3(S2)C(C(=O)N(CC=C)c2ccccc2Cl)N([C@H](C)CO)C(=O)[C@H]13)c1ccccc1. The zero-order valence-corrected chi connectivity index (χ0v) is 24.1. The van der Waals surface area contributed by atoms with E-state index < -0.39 is 28.7 Å². The van der Waals surface area contributed by atoms with Crippen LogP contribution in [0.15, 0.2) is 79.9 Å². The van der Waals surface area contributed by atoms with Gasteiger partial charge in [-0.25, -0.2) is 0 Å². The molecule has 0 aliphatic carbocycles. The van der Waals surface area contributed by atoms with Gasteiger partial charge in [-0.3, -0.25) is 14.4 Å². The predicted octanol–water partition coefficient (Wildman–Crippen LogP) is 4.55. The van der Waals surface area contributed by atoms with Crippen LogP contribution in [0.5, 0.6) is 0 Å². The van der Waals surface area contributed by atoms with E-state index in [1.165, 1.54) is 4.90 Å². The number of rotatable bonds is 10. The summed E-state index contributed by atoms with van der Waals surface area (Å²) in [5, 5.41) is 10.5. The van der Waals surface area contributed by atoms with E-state index in [4.69, 9.17) is 11.6 Å². The summed E-state index contributed by atoms with van der Waals surface area (Å²) in [5.74, 6) is -1.94. The van der Waals surface area contributed by atoms with Crippen molar-refractivity contribution in [2.75, 3.05) is 29.5 Å². The first kappa shape index (κ1) is 28.5. The van der Waals surface area contributed by atoms with E-state index >= 15 is 0 Å². The Balaban J connectivity index is 1.58. The number of fused-ring (bicyclic) bond motifs is 1. The molecule has 0 saturated carbocycles. The molecule has 0 radical (unpaired) electrons. The second kappa shape index (κ2) is 11.4. The molecule has 2 bridgehead atoms. The maximum Gasteiger partial charge on any atom is 0.251 e. The van der Waals surface area contributed by atoms with Crippen molar-refractivity contribution in [3.63, 3.8) is 0 Å². The molecule has 1 N–H and O–H groups in total. The molecule has 5 rings (SSSR count). The number of hydrogen-bond acceptors (Lipinski definition) is 5. The number of hydrogen-bond donors (Lipinski definition) is 1. The summed E-state index contributed by atoms with van der Waals surface area (Å²) >= 11 is 8.12. The Morgan fingerprint density at radius 3 is 2.40 bits per heavy atom. The van der Waals surface area contributed by atoms with Crippen molar-refractivity contribution in [2.24, 2.45) is 11.8 Å². The van der Waals surface area contributed by atoms with Crippen molar-refractivity contribution < 1.29 is 19.5 Å². The average Bonchev–Trinajstić information content (AvgIpc) is 3.62. The van der Waals surface area contributed by atoms with Gasteiger partial charge in [-0.2, -0.15) is 0 Å². The summed E-state index contributed by atoms with van der Waals surface area (Å²) in [6.45, 7) is 9.64. The van der Waals surface area contributed by atoms with Crippen molar-refractivity contribution in [1.29, 1.82) is 0 Å². The molecule has 2 unspecified atom stereocenters. The van der Waals surface area contributed by atoms with Gasteiger partial charge in [0.25, 0.3) is 5.91 Å². The van der Waals surface area contributed by atoms with Gasteiger partial charge in [-0.15, -0.1) is 24.9 Å². The zero-order valence-electron chi connectivity index (χ0n) is 22.5. The molecule has 3 saturated heterocycles. The van der Waals surface area contributed by atoms with Crippen LogP contribution in [0.25, 0.3) is 0 Å². The first-order valence-electron chi connectivity index (χ1n) is 13.6. The number of likely N-dealkylation sites (tertiary alicyclic amines) is 1. The summed E-state index contributed by atoms with van der Waals surface area (Å²) in [6.07, 6.45) is 4.66. The zero-order chi connectivity index (χ0) is 28.6. The highest BCUT2D eigenvalue weighted by atomic mass is 35.5. The van der Waals surface area contributed by atoms with Crippen LogP contribution < -0.4 is 9.80 Å². The molecule has 3 fully saturated rings. The van der Waals surface area contributed by atoms with Crippen LogP contribution in [-0.4, -0.2) is 69.5 Å². The van der Waals surface area contributed by atoms with Gasteiger partial charge in [0.2, 0.25) is 11.8 Å². The summed E-state index contributed by atoms with van der Waals surface area (Å²) in [7, 11) is 0. The Labute approximate surface area is 244 Å². The Morgan fingerprint density at radius 2 is 1.75 bits per heavy atom.